The fraction of sp³-hybridized carbons (Fsp3) is 0.500. The summed E-state index contributed by atoms with van der Waals surface area (Å²) in [6.45, 7) is -2.58. The average molecular weight is 80.1 g/mol. The second-order valence-electron chi connectivity index (χ2n) is 0.449. The van der Waals surface area contributed by atoms with E-state index >= 15 is 0 Å². The summed E-state index contributed by atoms with van der Waals surface area (Å²) in [7, 11) is 0. The van der Waals surface area contributed by atoms with Crippen molar-refractivity contribution in [1.82, 2.24) is 0 Å². The fourth-order valence-corrected chi connectivity index (χ4v) is 0. The first-order valence-corrected chi connectivity index (χ1v) is 0.966. The lowest BCUT2D eigenvalue weighted by molar-refractivity contribution is -0.135. The Labute approximate surface area is 32.2 Å². The van der Waals surface area contributed by atoms with Crippen molar-refractivity contribution in [2.24, 2.45) is 5.73 Å². The van der Waals surface area contributed by atoms with Gasteiger partial charge in [0, 0.05) is 0 Å². The highest BCUT2D eigenvalue weighted by Gasteiger charge is 1.81. The third kappa shape index (κ3) is 3.43. The van der Waals surface area contributed by atoms with E-state index in [0.29, 0.717) is 0 Å². The molecule has 0 unspecified atom stereocenters. The first-order valence-electron chi connectivity index (χ1n) is 1.97. The van der Waals surface area contributed by atoms with Crippen LogP contribution >= 0.6 is 0 Å². The second kappa shape index (κ2) is 1.72. The molecule has 3 N–H and O–H groups in total. The predicted molar refractivity (Wildman–Crippen MR) is 16.7 cm³/mol. The van der Waals surface area contributed by atoms with E-state index in [1.54, 1.807) is 0 Å². The highest BCUT2D eigenvalue weighted by Crippen LogP contribution is 1.43. The van der Waals surface area contributed by atoms with Crippen molar-refractivity contribution in [3.8, 4) is 0 Å². The SMILES string of the molecule is [2H][13C]([2H])([15NH2])[13C](=O)O. The maximum absolute atomic E-state index is 9.52. The van der Waals surface area contributed by atoms with Gasteiger partial charge in [0.05, 0.1) is 9.24 Å². The molecule has 30 valence electrons. The third-order valence-corrected chi connectivity index (χ3v) is 0.123. The van der Waals surface area contributed by atoms with Gasteiger partial charge in [0.25, 0.3) is 0 Å². The zero-order valence-electron chi connectivity index (χ0n) is 4.43. The Bertz CT molecular complexity index is 86.2. The number of hydrogen-bond acceptors (Lipinski definition) is 2. The lowest BCUT2D eigenvalue weighted by Gasteiger charge is -1.73. The second-order valence-corrected chi connectivity index (χ2v) is 0.449. The molecule has 0 radical (unpaired) electrons. The van der Waals surface area contributed by atoms with Crippen molar-refractivity contribution in [1.29, 1.82) is 0 Å². The summed E-state index contributed by atoms with van der Waals surface area (Å²) in [5, 5.41) is 7.75. The number of nitrogens with two attached hydrogens (primary N) is 1. The fourth-order valence-electron chi connectivity index (χ4n) is 0. The first kappa shape index (κ1) is 1.77. The van der Waals surface area contributed by atoms with Crippen LogP contribution < -0.4 is 5.73 Å². The summed E-state index contributed by atoms with van der Waals surface area (Å²) in [5.41, 5.74) is 4.41. The standard InChI is InChI=1S/C2H5NO2/c3-1-2(4)5/h1,3H2,(H,4,5)/i1+1D2,2+1,3+1. The molecule has 3 heteroatoms. The monoisotopic (exact) mass is 80.0 g/mol. The van der Waals surface area contributed by atoms with Crippen LogP contribution in [0, 0.1) is 0 Å². The summed E-state index contributed by atoms with van der Waals surface area (Å²) >= 11 is 0. The van der Waals surface area contributed by atoms with Crippen LogP contribution in [0.3, 0.4) is 0 Å². The summed E-state index contributed by atoms with van der Waals surface area (Å²) in [5.74, 6) is -1.65. The maximum Gasteiger partial charge on any atom is 0.317 e. The van der Waals surface area contributed by atoms with Crippen molar-refractivity contribution in [2.45, 2.75) is 0 Å². The van der Waals surface area contributed by atoms with Crippen LogP contribution in [0.2, 0.25) is 0 Å². The Morgan fingerprint density at radius 2 is 2.60 bits per heavy atom. The smallest absolute Gasteiger partial charge is 0.317 e. The van der Waals surface area contributed by atoms with Crippen molar-refractivity contribution in [3.63, 3.8) is 0 Å². The van der Waals surface area contributed by atoms with Gasteiger partial charge in [-0.2, -0.15) is 0 Å². The summed E-state index contributed by atoms with van der Waals surface area (Å²) < 4.78 is 12.5. The van der Waals surface area contributed by atoms with Gasteiger partial charge in [-0.15, -0.1) is 0 Å². The van der Waals surface area contributed by atoms with Gasteiger partial charge in [0.15, 0.2) is 0 Å². The molecule has 0 spiro atoms. The average Bonchev–Trinajstić information content (AvgIpc) is 1.31. The van der Waals surface area contributed by atoms with E-state index < -0.39 is 12.5 Å². The molecule has 5 heavy (non-hydrogen) atoms. The van der Waals surface area contributed by atoms with Crippen molar-refractivity contribution in [3.05, 3.63) is 0 Å². The highest BCUT2D eigenvalue weighted by atomic mass is 16.5. The minimum absolute atomic E-state index is 1.65. The predicted octanol–water partition coefficient (Wildman–Crippen LogP) is -0.970. The largest absolute Gasteiger partial charge is 0.480 e. The first-order chi connectivity index (χ1) is 2.94. The molecule has 0 bridgehead atoms. The highest BCUT2D eigenvalue weighted by molar-refractivity contribution is 5.68. The van der Waals surface area contributed by atoms with Gasteiger partial charge in [-0.05, 0) is 0 Å². The van der Waals surface area contributed by atoms with Crippen molar-refractivity contribution < 1.29 is 12.6 Å². The molecule has 0 aromatic carbocycles. The van der Waals surface area contributed by atoms with E-state index in [0.717, 1.165) is 0 Å². The van der Waals surface area contributed by atoms with E-state index in [2.05, 4.69) is 5.73 Å². The minimum Gasteiger partial charge on any atom is -0.480 e. The van der Waals surface area contributed by atoms with Crippen molar-refractivity contribution >= 4 is 5.97 Å². The quantitative estimate of drug-likeness (QED) is 0.314. The van der Waals surface area contributed by atoms with E-state index in [9.17, 15) is 4.79 Å². The zero-order valence-corrected chi connectivity index (χ0v) is 2.43. The van der Waals surface area contributed by atoms with Gasteiger partial charge >= 0.3 is 5.97 Å². The lowest BCUT2D eigenvalue weighted by atomic mass is 11.7. The van der Waals surface area contributed by atoms with Crippen molar-refractivity contribution in [2.75, 3.05) is 6.50 Å². The van der Waals surface area contributed by atoms with Gasteiger partial charge in [-0.1, -0.05) is 0 Å². The molecule has 0 rings (SSSR count). The number of aliphatic carboxylic acids is 1. The number of carbonyl (C=O) groups is 1. The Morgan fingerprint density at radius 3 is 2.60 bits per heavy atom. The van der Waals surface area contributed by atoms with Crippen LogP contribution in [0.1, 0.15) is 2.74 Å². The molecule has 0 saturated carbocycles. The number of hydrogen-bond donors (Lipinski definition) is 2. The van der Waals surface area contributed by atoms with E-state index in [1.165, 1.54) is 0 Å². The number of carboxylic acids is 1. The van der Waals surface area contributed by atoms with Gasteiger partial charge in [-0.25, -0.2) is 0 Å². The van der Waals surface area contributed by atoms with E-state index in [4.69, 9.17) is 7.85 Å². The Balaban J connectivity index is 3.79. The third-order valence-electron chi connectivity index (χ3n) is 0.123. The van der Waals surface area contributed by atoms with E-state index in [1.807, 2.05) is 0 Å². The molecule has 0 heterocycles. The van der Waals surface area contributed by atoms with Crippen LogP contribution in [-0.4, -0.2) is 17.6 Å². The normalized spacial score (nSPS) is 16.2. The van der Waals surface area contributed by atoms with E-state index in [-0.39, 0.29) is 0 Å². The molecule has 0 aliphatic rings. The minimum atomic E-state index is -2.58. The van der Waals surface area contributed by atoms with Crippen LogP contribution in [0.4, 0.5) is 0 Å². The zero-order chi connectivity index (χ0) is 6.08. The van der Waals surface area contributed by atoms with Crippen LogP contribution in [0.5, 0.6) is 0 Å². The molecular weight excluding hydrogens is 73.0 g/mol. The van der Waals surface area contributed by atoms with Crippen LogP contribution in [0.15, 0.2) is 0 Å². The lowest BCUT2D eigenvalue weighted by Crippen LogP contribution is -2.10. The van der Waals surface area contributed by atoms with Crippen LogP contribution in [-0.2, 0) is 4.79 Å². The molecule has 0 aromatic rings. The van der Waals surface area contributed by atoms with Gasteiger partial charge in [0.1, 0.15) is 0 Å². The Morgan fingerprint density at radius 1 is 2.40 bits per heavy atom. The number of rotatable bonds is 1. The summed E-state index contributed by atoms with van der Waals surface area (Å²) in [6.07, 6.45) is 0. The van der Waals surface area contributed by atoms with Gasteiger partial charge < -0.3 is 10.8 Å². The molecule has 3 nitrogen and oxygen atoms in total. The molecule has 0 aliphatic carbocycles. The Kier molecular flexibility index (Phi) is 0.609. The summed E-state index contributed by atoms with van der Waals surface area (Å²) in [6, 6.07) is 0. The van der Waals surface area contributed by atoms with Gasteiger partial charge in [-0.3, -0.25) is 4.79 Å². The van der Waals surface area contributed by atoms with Crippen LogP contribution in [0.25, 0.3) is 0 Å². The molecule has 0 saturated heterocycles. The number of carboxylic acid groups (broad SMARTS) is 1. The molecule has 0 fully saturated rings. The maximum atomic E-state index is 9.52. The molecule has 0 aliphatic heterocycles. The molecule has 0 atom stereocenters. The topological polar surface area (TPSA) is 63.3 Å². The molecule has 0 amide bonds. The molecule has 0 aromatic heterocycles. The Hall–Kier alpha value is -0.570. The summed E-state index contributed by atoms with van der Waals surface area (Å²) in [4.78, 5) is 9.52. The molecular formula is C2H5NO2. The van der Waals surface area contributed by atoms with Gasteiger partial charge in [0.2, 0.25) is 0 Å².